The lowest BCUT2D eigenvalue weighted by Gasteiger charge is -2.26. The Labute approximate surface area is 294 Å². The molecule has 0 spiro atoms. The molecular weight excluding hydrogens is 625 g/mol. The van der Waals surface area contributed by atoms with Crippen LogP contribution < -0.4 is 4.90 Å². The quantitative estimate of drug-likeness (QED) is 0.179. The van der Waals surface area contributed by atoms with E-state index in [1.165, 1.54) is 21.9 Å². The van der Waals surface area contributed by atoms with Gasteiger partial charge in [-0.1, -0.05) is 115 Å². The third-order valence-corrected chi connectivity index (χ3v) is 9.68. The van der Waals surface area contributed by atoms with Crippen LogP contribution >= 0.6 is 0 Å². The zero-order valence-electron chi connectivity index (χ0n) is 27.5. The van der Waals surface area contributed by atoms with Crippen LogP contribution in [-0.4, -0.2) is 4.98 Å². The molecule has 0 radical (unpaired) electrons. The maximum atomic E-state index is 6.59. The van der Waals surface area contributed by atoms with Crippen molar-refractivity contribution in [1.29, 1.82) is 0 Å². The van der Waals surface area contributed by atoms with E-state index in [0.717, 1.165) is 66.8 Å². The van der Waals surface area contributed by atoms with Crippen molar-refractivity contribution in [1.82, 2.24) is 4.98 Å². The molecule has 2 aromatic heterocycles. The Balaban J connectivity index is 1.09. The molecule has 0 fully saturated rings. The average Bonchev–Trinajstić information content (AvgIpc) is 3.80. The Bertz CT molecular complexity index is 2840. The lowest BCUT2D eigenvalue weighted by atomic mass is 9.97. The molecule has 0 aliphatic heterocycles. The van der Waals surface area contributed by atoms with Gasteiger partial charge in [-0.2, -0.15) is 0 Å². The highest BCUT2D eigenvalue weighted by molar-refractivity contribution is 6.19. The van der Waals surface area contributed by atoms with Crippen molar-refractivity contribution in [2.75, 3.05) is 4.90 Å². The number of aromatic nitrogens is 1. The van der Waals surface area contributed by atoms with Crippen LogP contribution in [0.15, 0.2) is 191 Å². The molecule has 51 heavy (non-hydrogen) atoms. The Morgan fingerprint density at radius 1 is 0.412 bits per heavy atom. The van der Waals surface area contributed by atoms with Crippen LogP contribution in [0.25, 0.3) is 77.5 Å². The maximum Gasteiger partial charge on any atom is 0.227 e. The first-order valence-corrected chi connectivity index (χ1v) is 17.1. The van der Waals surface area contributed by atoms with E-state index in [-0.39, 0.29) is 0 Å². The van der Waals surface area contributed by atoms with Gasteiger partial charge in [0.05, 0.1) is 0 Å². The molecule has 0 unspecified atom stereocenters. The van der Waals surface area contributed by atoms with Crippen molar-refractivity contribution in [3.8, 4) is 33.7 Å². The van der Waals surface area contributed by atoms with Crippen molar-refractivity contribution in [3.05, 3.63) is 182 Å². The largest absolute Gasteiger partial charge is 0.456 e. The SMILES string of the molecule is c1ccc(-c2nc3cc4oc5ccccc5c4c(-c4ccc(N(c5ccccc5)c5ccc(-c6ccc7ccccc7c6)cc5)cc4)c3o2)cc1. The van der Waals surface area contributed by atoms with Crippen LogP contribution in [0.3, 0.4) is 0 Å². The fraction of sp³-hybridized carbons (Fsp3) is 0. The van der Waals surface area contributed by atoms with Gasteiger partial charge in [-0.15, -0.1) is 0 Å². The van der Waals surface area contributed by atoms with E-state index in [0.29, 0.717) is 5.89 Å². The molecular formula is C47H30N2O2. The van der Waals surface area contributed by atoms with Crippen LogP contribution in [0.5, 0.6) is 0 Å². The number of hydrogen-bond donors (Lipinski definition) is 0. The van der Waals surface area contributed by atoms with Crippen LogP contribution in [0.2, 0.25) is 0 Å². The third kappa shape index (κ3) is 5.04. The number of furan rings is 1. The summed E-state index contributed by atoms with van der Waals surface area (Å²) in [6.45, 7) is 0. The second kappa shape index (κ2) is 11.9. The number of oxazole rings is 1. The van der Waals surface area contributed by atoms with Crippen molar-refractivity contribution in [2.45, 2.75) is 0 Å². The van der Waals surface area contributed by atoms with E-state index in [9.17, 15) is 0 Å². The number of rotatable bonds is 6. The van der Waals surface area contributed by atoms with Crippen molar-refractivity contribution in [2.24, 2.45) is 0 Å². The summed E-state index contributed by atoms with van der Waals surface area (Å²) >= 11 is 0. The van der Waals surface area contributed by atoms with Gasteiger partial charge in [0.2, 0.25) is 5.89 Å². The van der Waals surface area contributed by atoms with Crippen molar-refractivity contribution in [3.63, 3.8) is 0 Å². The zero-order chi connectivity index (χ0) is 33.7. The molecule has 8 aromatic carbocycles. The number of nitrogens with zero attached hydrogens (tertiary/aromatic N) is 2. The molecule has 4 heteroatoms. The van der Waals surface area contributed by atoms with E-state index in [1.807, 2.05) is 54.6 Å². The summed E-state index contributed by atoms with van der Waals surface area (Å²) in [7, 11) is 0. The Hall–Kier alpha value is -6.91. The number of para-hydroxylation sites is 2. The van der Waals surface area contributed by atoms with Crippen LogP contribution in [0.1, 0.15) is 0 Å². The van der Waals surface area contributed by atoms with E-state index < -0.39 is 0 Å². The Morgan fingerprint density at radius 2 is 1.02 bits per heavy atom. The van der Waals surface area contributed by atoms with Gasteiger partial charge < -0.3 is 13.7 Å². The number of benzene rings is 8. The lowest BCUT2D eigenvalue weighted by Crippen LogP contribution is -2.09. The molecule has 10 aromatic rings. The summed E-state index contributed by atoms with van der Waals surface area (Å²) in [4.78, 5) is 7.21. The van der Waals surface area contributed by atoms with Crippen LogP contribution in [0.4, 0.5) is 17.1 Å². The second-order valence-corrected chi connectivity index (χ2v) is 12.8. The highest BCUT2D eigenvalue weighted by atomic mass is 16.4. The molecule has 0 N–H and O–H groups in total. The molecule has 0 atom stereocenters. The molecule has 0 aliphatic carbocycles. The number of hydrogen-bond acceptors (Lipinski definition) is 4. The van der Waals surface area contributed by atoms with Crippen molar-refractivity contribution >= 4 is 60.9 Å². The van der Waals surface area contributed by atoms with Gasteiger partial charge >= 0.3 is 0 Å². The van der Waals surface area contributed by atoms with Gasteiger partial charge in [-0.05, 0) is 88.1 Å². The summed E-state index contributed by atoms with van der Waals surface area (Å²) in [5, 5.41) is 4.55. The summed E-state index contributed by atoms with van der Waals surface area (Å²) in [6.07, 6.45) is 0. The predicted octanol–water partition coefficient (Wildman–Crippen LogP) is 13.4. The first kappa shape index (κ1) is 29.0. The van der Waals surface area contributed by atoms with Gasteiger partial charge in [0, 0.05) is 45.0 Å². The molecule has 4 nitrogen and oxygen atoms in total. The summed E-state index contributed by atoms with van der Waals surface area (Å²) in [5.41, 5.74) is 11.6. The van der Waals surface area contributed by atoms with Crippen LogP contribution in [0, 0.1) is 0 Å². The zero-order valence-corrected chi connectivity index (χ0v) is 27.5. The minimum atomic E-state index is 0.586. The number of anilines is 3. The minimum absolute atomic E-state index is 0.586. The van der Waals surface area contributed by atoms with E-state index in [2.05, 4.69) is 132 Å². The topological polar surface area (TPSA) is 42.4 Å². The van der Waals surface area contributed by atoms with Gasteiger partial charge in [0.15, 0.2) is 5.58 Å². The van der Waals surface area contributed by atoms with Crippen molar-refractivity contribution < 1.29 is 8.83 Å². The summed E-state index contributed by atoms with van der Waals surface area (Å²) in [6, 6.07) is 63.4. The summed E-state index contributed by atoms with van der Waals surface area (Å²) < 4.78 is 13.0. The van der Waals surface area contributed by atoms with E-state index in [1.54, 1.807) is 0 Å². The molecule has 2 heterocycles. The monoisotopic (exact) mass is 654 g/mol. The van der Waals surface area contributed by atoms with Gasteiger partial charge in [-0.3, -0.25) is 0 Å². The second-order valence-electron chi connectivity index (χ2n) is 12.8. The molecule has 0 bridgehead atoms. The first-order valence-electron chi connectivity index (χ1n) is 17.1. The first-order chi connectivity index (χ1) is 25.3. The fourth-order valence-corrected chi connectivity index (χ4v) is 7.22. The Morgan fingerprint density at radius 3 is 1.78 bits per heavy atom. The number of fused-ring (bicyclic) bond motifs is 5. The maximum absolute atomic E-state index is 6.59. The molecule has 0 aliphatic rings. The molecule has 0 saturated heterocycles. The Kier molecular flexibility index (Phi) is 6.78. The molecule has 10 rings (SSSR count). The average molecular weight is 655 g/mol. The van der Waals surface area contributed by atoms with E-state index in [4.69, 9.17) is 13.8 Å². The third-order valence-electron chi connectivity index (χ3n) is 9.68. The minimum Gasteiger partial charge on any atom is -0.456 e. The molecule has 240 valence electrons. The lowest BCUT2D eigenvalue weighted by molar-refractivity contribution is 0.621. The van der Waals surface area contributed by atoms with E-state index >= 15 is 0 Å². The molecule has 0 amide bonds. The normalized spacial score (nSPS) is 11.5. The van der Waals surface area contributed by atoms with Gasteiger partial charge in [0.1, 0.15) is 16.7 Å². The highest BCUT2D eigenvalue weighted by Crippen LogP contribution is 2.44. The molecule has 0 saturated carbocycles. The smallest absolute Gasteiger partial charge is 0.227 e. The van der Waals surface area contributed by atoms with Crippen LogP contribution in [-0.2, 0) is 0 Å². The summed E-state index contributed by atoms with van der Waals surface area (Å²) in [5.74, 6) is 0.586. The highest BCUT2D eigenvalue weighted by Gasteiger charge is 2.22. The fourth-order valence-electron chi connectivity index (χ4n) is 7.22. The standard InChI is InChI=1S/C47H30N2O2/c1-3-12-34(13-4-1)47-48-41-30-43-45(40-17-9-10-18-42(40)50-43)44(46(41)51-47)33-23-27-39(28-24-33)49(37-15-5-2-6-16-37)38-25-21-32(22-26-38)36-20-19-31-11-7-8-14-35(31)29-36/h1-30H. The van der Waals surface area contributed by atoms with Gasteiger partial charge in [0.25, 0.3) is 0 Å². The predicted molar refractivity (Wildman–Crippen MR) is 210 cm³/mol. The van der Waals surface area contributed by atoms with Gasteiger partial charge in [-0.25, -0.2) is 4.98 Å².